The highest BCUT2D eigenvalue weighted by Crippen LogP contribution is 2.41. The van der Waals surface area contributed by atoms with E-state index in [4.69, 9.17) is 5.73 Å². The predicted molar refractivity (Wildman–Crippen MR) is 113 cm³/mol. The Morgan fingerprint density at radius 2 is 2.03 bits per heavy atom. The predicted octanol–water partition coefficient (Wildman–Crippen LogP) is 2.10. The summed E-state index contributed by atoms with van der Waals surface area (Å²) >= 11 is 0. The van der Waals surface area contributed by atoms with Crippen molar-refractivity contribution in [1.29, 1.82) is 0 Å². The Kier molecular flexibility index (Phi) is 4.97. The third kappa shape index (κ3) is 3.55. The number of aromatic nitrogens is 2. The summed E-state index contributed by atoms with van der Waals surface area (Å²) in [5.74, 6) is -0.126. The number of hydrogen-bond acceptors (Lipinski definition) is 5. The first-order chi connectivity index (χ1) is 15.2. The molecular formula is C22H27F3N6O. The summed E-state index contributed by atoms with van der Waals surface area (Å²) in [7, 11) is 2.02. The number of carbonyl (C=O) groups is 1. The monoisotopic (exact) mass is 448 g/mol. The zero-order chi connectivity index (χ0) is 22.7. The minimum absolute atomic E-state index is 0.0228. The van der Waals surface area contributed by atoms with Crippen molar-refractivity contribution in [3.8, 4) is 0 Å². The molecule has 2 aromatic rings. The molecule has 0 bridgehead atoms. The lowest BCUT2D eigenvalue weighted by Gasteiger charge is -2.41. The zero-order valence-electron chi connectivity index (χ0n) is 18.0. The standard InChI is InChI=1S/C22H27F3N6O/c1-29-8-7-15-17(11-29)27-28-19(15)20(32)30-9-6-14-10-31(13-21(14,26)12-30)18-5-3-2-4-16(18)22(23,24)25/h2-5,14H,6-13,26H2,1H3,(H,27,28)/t14-,21-/m1/s1. The summed E-state index contributed by atoms with van der Waals surface area (Å²) in [6.07, 6.45) is -3.01. The molecule has 3 N–H and O–H groups in total. The number of rotatable bonds is 2. The number of halogens is 3. The minimum atomic E-state index is -4.43. The van der Waals surface area contributed by atoms with E-state index in [1.54, 1.807) is 15.9 Å². The van der Waals surface area contributed by atoms with Crippen molar-refractivity contribution >= 4 is 11.6 Å². The molecule has 2 atom stereocenters. The van der Waals surface area contributed by atoms with Gasteiger partial charge in [-0.2, -0.15) is 18.3 Å². The summed E-state index contributed by atoms with van der Waals surface area (Å²) in [4.78, 5) is 18.9. The smallest absolute Gasteiger partial charge is 0.369 e. The number of alkyl halides is 3. The van der Waals surface area contributed by atoms with Gasteiger partial charge in [0.25, 0.3) is 5.91 Å². The van der Waals surface area contributed by atoms with Crippen molar-refractivity contribution in [2.75, 3.05) is 44.7 Å². The molecule has 1 aromatic carbocycles. The van der Waals surface area contributed by atoms with Gasteiger partial charge in [-0.05, 0) is 37.9 Å². The second-order valence-corrected chi connectivity index (χ2v) is 9.36. The number of amides is 1. The number of likely N-dealkylation sites (tertiary alicyclic amines) is 1. The number of fused-ring (bicyclic) bond motifs is 2. The van der Waals surface area contributed by atoms with Crippen LogP contribution in [0, 0.1) is 5.92 Å². The normalized spacial score (nSPS) is 26.2. The lowest BCUT2D eigenvalue weighted by molar-refractivity contribution is -0.137. The highest BCUT2D eigenvalue weighted by Gasteiger charge is 2.49. The van der Waals surface area contributed by atoms with Gasteiger partial charge < -0.3 is 20.4 Å². The Morgan fingerprint density at radius 1 is 1.25 bits per heavy atom. The van der Waals surface area contributed by atoms with Crippen LogP contribution in [0.25, 0.3) is 0 Å². The summed E-state index contributed by atoms with van der Waals surface area (Å²) in [5.41, 5.74) is 7.87. The largest absolute Gasteiger partial charge is 0.418 e. The number of carbonyl (C=O) groups excluding carboxylic acids is 1. The van der Waals surface area contributed by atoms with Crippen LogP contribution < -0.4 is 10.6 Å². The lowest BCUT2D eigenvalue weighted by atomic mass is 9.82. The van der Waals surface area contributed by atoms with E-state index in [9.17, 15) is 18.0 Å². The van der Waals surface area contributed by atoms with Gasteiger partial charge in [0.1, 0.15) is 0 Å². The average molecular weight is 448 g/mol. The van der Waals surface area contributed by atoms with Gasteiger partial charge in [0, 0.05) is 50.5 Å². The summed E-state index contributed by atoms with van der Waals surface area (Å²) in [5, 5.41) is 7.29. The Balaban J connectivity index is 1.35. The minimum Gasteiger partial charge on any atom is -0.369 e. The molecule has 10 heteroatoms. The molecule has 0 unspecified atom stereocenters. The number of H-pyrrole nitrogens is 1. The maximum atomic E-state index is 13.5. The van der Waals surface area contributed by atoms with E-state index in [1.165, 1.54) is 12.1 Å². The molecule has 172 valence electrons. The number of nitrogens with zero attached hydrogens (tertiary/aromatic N) is 4. The second kappa shape index (κ2) is 7.48. The van der Waals surface area contributed by atoms with Crippen molar-refractivity contribution in [1.82, 2.24) is 20.0 Å². The number of para-hydroxylation sites is 1. The number of likely N-dealkylation sites (N-methyl/N-ethyl adjacent to an activating group) is 1. The highest BCUT2D eigenvalue weighted by molar-refractivity contribution is 5.94. The molecular weight excluding hydrogens is 421 g/mol. The molecule has 3 aliphatic rings. The van der Waals surface area contributed by atoms with Gasteiger partial charge in [-0.25, -0.2) is 0 Å². The fraction of sp³-hybridized carbons (Fsp3) is 0.545. The van der Waals surface area contributed by atoms with Crippen LogP contribution in [-0.4, -0.2) is 71.2 Å². The topological polar surface area (TPSA) is 81.5 Å². The molecule has 0 spiro atoms. The van der Waals surface area contributed by atoms with Crippen LogP contribution in [0.2, 0.25) is 0 Å². The van der Waals surface area contributed by atoms with Crippen LogP contribution >= 0.6 is 0 Å². The Morgan fingerprint density at radius 3 is 2.81 bits per heavy atom. The third-order valence-electron chi connectivity index (χ3n) is 7.14. The molecule has 1 amide bonds. The zero-order valence-corrected chi connectivity index (χ0v) is 18.0. The van der Waals surface area contributed by atoms with Crippen LogP contribution in [0.3, 0.4) is 0 Å². The van der Waals surface area contributed by atoms with E-state index in [2.05, 4.69) is 15.1 Å². The third-order valence-corrected chi connectivity index (χ3v) is 7.14. The fourth-order valence-electron chi connectivity index (χ4n) is 5.43. The van der Waals surface area contributed by atoms with Crippen molar-refractivity contribution in [3.63, 3.8) is 0 Å². The van der Waals surface area contributed by atoms with Gasteiger partial charge in [-0.1, -0.05) is 12.1 Å². The first kappa shape index (κ1) is 21.3. The van der Waals surface area contributed by atoms with Crippen LogP contribution in [0.5, 0.6) is 0 Å². The number of anilines is 1. The van der Waals surface area contributed by atoms with Gasteiger partial charge in [-0.3, -0.25) is 9.89 Å². The van der Waals surface area contributed by atoms with Crippen molar-refractivity contribution in [3.05, 3.63) is 46.8 Å². The molecule has 2 saturated heterocycles. The van der Waals surface area contributed by atoms with E-state index in [0.717, 1.165) is 36.8 Å². The van der Waals surface area contributed by atoms with Gasteiger partial charge in [0.05, 0.1) is 16.8 Å². The number of hydrogen-bond donors (Lipinski definition) is 2. The van der Waals surface area contributed by atoms with E-state index in [1.807, 2.05) is 7.05 Å². The Hall–Kier alpha value is -2.59. The summed E-state index contributed by atoms with van der Waals surface area (Å²) < 4.78 is 40.6. The van der Waals surface area contributed by atoms with E-state index < -0.39 is 17.3 Å². The number of nitrogens with one attached hydrogen (secondary N) is 1. The maximum Gasteiger partial charge on any atom is 0.418 e. The molecule has 0 saturated carbocycles. The van der Waals surface area contributed by atoms with E-state index >= 15 is 0 Å². The summed E-state index contributed by atoms with van der Waals surface area (Å²) in [6.45, 7) is 3.16. The quantitative estimate of drug-likeness (QED) is 0.736. The number of benzene rings is 1. The summed E-state index contributed by atoms with van der Waals surface area (Å²) in [6, 6.07) is 5.62. The highest BCUT2D eigenvalue weighted by atomic mass is 19.4. The first-order valence-electron chi connectivity index (χ1n) is 10.9. The molecule has 1 aromatic heterocycles. The van der Waals surface area contributed by atoms with Gasteiger partial charge in [-0.15, -0.1) is 0 Å². The molecule has 7 nitrogen and oxygen atoms in total. The van der Waals surface area contributed by atoms with Crippen LogP contribution in [0.15, 0.2) is 24.3 Å². The Labute approximate surface area is 184 Å². The Bertz CT molecular complexity index is 1040. The van der Waals surface area contributed by atoms with Crippen LogP contribution in [-0.2, 0) is 19.1 Å². The van der Waals surface area contributed by atoms with Crippen LogP contribution in [0.1, 0.15) is 33.7 Å². The molecule has 0 radical (unpaired) electrons. The number of nitrogens with two attached hydrogens (primary N) is 1. The van der Waals surface area contributed by atoms with E-state index in [0.29, 0.717) is 31.7 Å². The SMILES string of the molecule is CN1CCc2c(C(=O)N3CC[C@@H]4CN(c5ccccc5C(F)(F)F)C[C@]4(N)C3)n[nH]c2C1. The van der Waals surface area contributed by atoms with E-state index in [-0.39, 0.29) is 24.1 Å². The van der Waals surface area contributed by atoms with Gasteiger partial charge in [0.2, 0.25) is 0 Å². The molecule has 0 aliphatic carbocycles. The van der Waals surface area contributed by atoms with Gasteiger partial charge in [0.15, 0.2) is 5.69 Å². The lowest BCUT2D eigenvalue weighted by Crippen LogP contribution is -2.61. The first-order valence-corrected chi connectivity index (χ1v) is 10.9. The molecule has 2 fully saturated rings. The molecule has 3 aliphatic heterocycles. The number of piperidine rings is 1. The van der Waals surface area contributed by atoms with Crippen molar-refractivity contribution in [2.45, 2.75) is 31.1 Å². The van der Waals surface area contributed by atoms with Crippen molar-refractivity contribution < 1.29 is 18.0 Å². The molecule has 4 heterocycles. The average Bonchev–Trinajstić information content (AvgIpc) is 3.32. The van der Waals surface area contributed by atoms with Crippen molar-refractivity contribution in [2.24, 2.45) is 11.7 Å². The maximum absolute atomic E-state index is 13.5. The fourth-order valence-corrected chi connectivity index (χ4v) is 5.43. The molecule has 32 heavy (non-hydrogen) atoms. The van der Waals surface area contributed by atoms with Crippen LogP contribution in [0.4, 0.5) is 18.9 Å². The number of aromatic amines is 1. The second-order valence-electron chi connectivity index (χ2n) is 9.36. The van der Waals surface area contributed by atoms with Gasteiger partial charge >= 0.3 is 6.18 Å². The molecule has 5 rings (SSSR count).